The molecule has 2 rings (SSSR count). The van der Waals surface area contributed by atoms with Crippen molar-refractivity contribution in [2.75, 3.05) is 11.9 Å². The molecule has 1 N–H and O–H groups in total. The number of hydrogen-bond donors (Lipinski definition) is 1. The van der Waals surface area contributed by atoms with E-state index in [0.717, 1.165) is 29.7 Å². The lowest BCUT2D eigenvalue weighted by molar-refractivity contribution is -0.159. The Morgan fingerprint density at radius 2 is 1.89 bits per heavy atom. The summed E-state index contributed by atoms with van der Waals surface area (Å²) in [5.41, 5.74) is 1.05. The van der Waals surface area contributed by atoms with E-state index in [2.05, 4.69) is 26.1 Å². The van der Waals surface area contributed by atoms with E-state index in [1.807, 2.05) is 6.92 Å². The standard InChI is InChI=1S/C21H31NO5S/c1-11(2)16-8-7-12(3)9-17(16)27-18(24)10-26-21(25)19-13(4)14(5)28-20(19)22-15(6)23/h11-12,16-17H,7-10H2,1-6H3,(H,22,23). The molecule has 7 heteroatoms. The van der Waals surface area contributed by atoms with E-state index in [1.165, 1.54) is 18.3 Å². The van der Waals surface area contributed by atoms with Gasteiger partial charge in [-0.2, -0.15) is 0 Å². The summed E-state index contributed by atoms with van der Waals surface area (Å²) in [5.74, 6) is -0.120. The van der Waals surface area contributed by atoms with Crippen LogP contribution in [0.3, 0.4) is 0 Å². The van der Waals surface area contributed by atoms with Gasteiger partial charge >= 0.3 is 11.9 Å². The van der Waals surface area contributed by atoms with Gasteiger partial charge in [0.1, 0.15) is 11.1 Å². The third-order valence-corrected chi connectivity index (χ3v) is 6.57. The molecule has 1 aliphatic rings. The average Bonchev–Trinajstić information content (AvgIpc) is 2.85. The molecule has 1 amide bonds. The molecule has 0 saturated heterocycles. The maximum Gasteiger partial charge on any atom is 0.344 e. The molecule has 0 bridgehead atoms. The van der Waals surface area contributed by atoms with Crippen molar-refractivity contribution in [3.05, 3.63) is 16.0 Å². The molecule has 1 fully saturated rings. The van der Waals surface area contributed by atoms with Gasteiger partial charge in [0.25, 0.3) is 0 Å². The summed E-state index contributed by atoms with van der Waals surface area (Å²) in [6.45, 7) is 11.1. The van der Waals surface area contributed by atoms with Crippen LogP contribution in [0, 0.1) is 31.6 Å². The first kappa shape index (κ1) is 22.4. The maximum atomic E-state index is 12.5. The van der Waals surface area contributed by atoms with Crippen molar-refractivity contribution in [3.63, 3.8) is 0 Å². The van der Waals surface area contributed by atoms with Crippen LogP contribution in [0.25, 0.3) is 0 Å². The van der Waals surface area contributed by atoms with Gasteiger partial charge in [0.2, 0.25) is 5.91 Å². The first-order valence-electron chi connectivity index (χ1n) is 9.84. The van der Waals surface area contributed by atoms with Crippen molar-refractivity contribution in [2.45, 2.75) is 66.9 Å². The molecule has 6 nitrogen and oxygen atoms in total. The van der Waals surface area contributed by atoms with Gasteiger partial charge in [0.05, 0.1) is 5.56 Å². The molecular weight excluding hydrogens is 378 g/mol. The Balaban J connectivity index is 1.99. The first-order valence-corrected chi connectivity index (χ1v) is 10.7. The second-order valence-corrected chi connectivity index (χ2v) is 9.32. The number of esters is 2. The predicted molar refractivity (Wildman–Crippen MR) is 110 cm³/mol. The number of carbonyl (C=O) groups is 3. The Kier molecular flexibility index (Phi) is 7.63. The third-order valence-electron chi connectivity index (χ3n) is 5.44. The summed E-state index contributed by atoms with van der Waals surface area (Å²) in [4.78, 5) is 37.1. The van der Waals surface area contributed by atoms with Gasteiger partial charge in [-0.1, -0.05) is 27.2 Å². The van der Waals surface area contributed by atoms with Crippen LogP contribution >= 0.6 is 11.3 Å². The molecule has 3 atom stereocenters. The highest BCUT2D eigenvalue weighted by atomic mass is 32.1. The van der Waals surface area contributed by atoms with Crippen LogP contribution < -0.4 is 5.32 Å². The van der Waals surface area contributed by atoms with Crippen LogP contribution in [-0.2, 0) is 19.1 Å². The molecule has 156 valence electrons. The normalized spacial score (nSPS) is 22.0. The zero-order valence-corrected chi connectivity index (χ0v) is 18.4. The van der Waals surface area contributed by atoms with Gasteiger partial charge in [-0.25, -0.2) is 9.59 Å². The van der Waals surface area contributed by atoms with Crippen LogP contribution in [0.5, 0.6) is 0 Å². The van der Waals surface area contributed by atoms with E-state index in [4.69, 9.17) is 9.47 Å². The number of rotatable bonds is 6. The zero-order chi connectivity index (χ0) is 21.0. The zero-order valence-electron chi connectivity index (χ0n) is 17.6. The highest BCUT2D eigenvalue weighted by Crippen LogP contribution is 2.36. The Morgan fingerprint density at radius 1 is 1.21 bits per heavy atom. The predicted octanol–water partition coefficient (Wildman–Crippen LogP) is 4.48. The summed E-state index contributed by atoms with van der Waals surface area (Å²) in [6, 6.07) is 0. The van der Waals surface area contributed by atoms with E-state index in [1.54, 1.807) is 6.92 Å². The van der Waals surface area contributed by atoms with Crippen molar-refractivity contribution in [1.82, 2.24) is 0 Å². The van der Waals surface area contributed by atoms with Crippen molar-refractivity contribution in [3.8, 4) is 0 Å². The molecule has 1 heterocycles. The van der Waals surface area contributed by atoms with Gasteiger partial charge in [-0.05, 0) is 50.0 Å². The van der Waals surface area contributed by atoms with Crippen LogP contribution in [0.15, 0.2) is 0 Å². The molecule has 1 aromatic rings. The molecule has 28 heavy (non-hydrogen) atoms. The van der Waals surface area contributed by atoms with E-state index in [-0.39, 0.29) is 12.0 Å². The van der Waals surface area contributed by atoms with Gasteiger partial charge in [0.15, 0.2) is 6.61 Å². The number of carbonyl (C=O) groups excluding carboxylic acids is 3. The fourth-order valence-electron chi connectivity index (χ4n) is 3.77. The lowest BCUT2D eigenvalue weighted by Gasteiger charge is -2.36. The quantitative estimate of drug-likeness (QED) is 0.700. The molecular formula is C21H31NO5S. The highest BCUT2D eigenvalue weighted by Gasteiger charge is 2.33. The smallest absolute Gasteiger partial charge is 0.344 e. The van der Waals surface area contributed by atoms with Gasteiger partial charge in [-0.15, -0.1) is 11.3 Å². The molecule has 0 aromatic carbocycles. The summed E-state index contributed by atoms with van der Waals surface area (Å²) in [7, 11) is 0. The number of nitrogens with one attached hydrogen (secondary N) is 1. The Morgan fingerprint density at radius 3 is 2.50 bits per heavy atom. The fraction of sp³-hybridized carbons (Fsp3) is 0.667. The Labute approximate surface area is 171 Å². The molecule has 0 spiro atoms. The Hall–Kier alpha value is -1.89. The third kappa shape index (κ3) is 5.56. The lowest BCUT2D eigenvalue weighted by Crippen LogP contribution is -2.36. The van der Waals surface area contributed by atoms with Crippen molar-refractivity contribution < 1.29 is 23.9 Å². The van der Waals surface area contributed by atoms with Crippen molar-refractivity contribution >= 4 is 34.2 Å². The topological polar surface area (TPSA) is 81.7 Å². The Bertz CT molecular complexity index is 739. The number of amides is 1. The average molecular weight is 410 g/mol. The van der Waals surface area contributed by atoms with Crippen molar-refractivity contribution in [1.29, 1.82) is 0 Å². The molecule has 0 aliphatic heterocycles. The van der Waals surface area contributed by atoms with Crippen LogP contribution in [0.2, 0.25) is 0 Å². The van der Waals surface area contributed by atoms with Crippen molar-refractivity contribution in [2.24, 2.45) is 17.8 Å². The summed E-state index contributed by atoms with van der Waals surface area (Å²) in [5, 5.41) is 3.10. The fourth-order valence-corrected chi connectivity index (χ4v) is 4.86. The van der Waals surface area contributed by atoms with Crippen LogP contribution in [0.1, 0.15) is 67.8 Å². The number of anilines is 1. The van der Waals surface area contributed by atoms with Gasteiger partial charge in [-0.3, -0.25) is 4.79 Å². The van der Waals surface area contributed by atoms with E-state index in [9.17, 15) is 14.4 Å². The molecule has 1 saturated carbocycles. The second kappa shape index (κ2) is 9.54. The summed E-state index contributed by atoms with van der Waals surface area (Å²) in [6.07, 6.45) is 2.91. The summed E-state index contributed by atoms with van der Waals surface area (Å²) < 4.78 is 10.9. The number of hydrogen-bond acceptors (Lipinski definition) is 6. The number of thiophene rings is 1. The minimum Gasteiger partial charge on any atom is -0.460 e. The lowest BCUT2D eigenvalue weighted by atomic mass is 9.75. The number of aryl methyl sites for hydroxylation is 1. The largest absolute Gasteiger partial charge is 0.460 e. The van der Waals surface area contributed by atoms with E-state index >= 15 is 0 Å². The molecule has 1 aromatic heterocycles. The second-order valence-electron chi connectivity index (χ2n) is 8.10. The molecule has 3 unspecified atom stereocenters. The molecule has 1 aliphatic carbocycles. The van der Waals surface area contributed by atoms with E-state index < -0.39 is 18.5 Å². The summed E-state index contributed by atoms with van der Waals surface area (Å²) >= 11 is 1.32. The molecule has 0 radical (unpaired) electrons. The monoisotopic (exact) mass is 409 g/mol. The first-order chi connectivity index (χ1) is 13.1. The van der Waals surface area contributed by atoms with Gasteiger partial charge in [0, 0.05) is 11.8 Å². The maximum absolute atomic E-state index is 12.5. The van der Waals surface area contributed by atoms with Gasteiger partial charge < -0.3 is 14.8 Å². The minimum absolute atomic E-state index is 0.130. The van der Waals surface area contributed by atoms with Crippen LogP contribution in [0.4, 0.5) is 5.00 Å². The van der Waals surface area contributed by atoms with E-state index in [0.29, 0.717) is 28.3 Å². The number of ether oxygens (including phenoxy) is 2. The SMILES string of the molecule is CC(=O)Nc1sc(C)c(C)c1C(=O)OCC(=O)OC1CC(C)CCC1C(C)C. The van der Waals surface area contributed by atoms with Crippen LogP contribution in [-0.4, -0.2) is 30.6 Å². The minimum atomic E-state index is -0.625. The highest BCUT2D eigenvalue weighted by molar-refractivity contribution is 7.16.